The molecule has 0 fully saturated rings. The van der Waals surface area contributed by atoms with Gasteiger partial charge in [0.1, 0.15) is 0 Å². The van der Waals surface area contributed by atoms with Crippen LogP contribution in [-0.4, -0.2) is 26.8 Å². The van der Waals surface area contributed by atoms with E-state index in [1.54, 1.807) is 6.92 Å². The number of carbonyl (C=O) groups is 2. The SMILES string of the molecule is Cc1cc(C)n(C(=O)[C@@H]2CC=CC[C@@H]2C(=O)O)n1. The van der Waals surface area contributed by atoms with Gasteiger partial charge in [-0.15, -0.1) is 0 Å². The van der Waals surface area contributed by atoms with Crippen LogP contribution in [0.3, 0.4) is 0 Å². The number of carboxylic acid groups (broad SMARTS) is 1. The quantitative estimate of drug-likeness (QED) is 0.810. The van der Waals surface area contributed by atoms with E-state index in [4.69, 9.17) is 5.11 Å². The molecule has 0 spiro atoms. The third kappa shape index (κ3) is 2.20. The number of carbonyl (C=O) groups excluding carboxylic acids is 1. The fourth-order valence-corrected chi connectivity index (χ4v) is 2.37. The average Bonchev–Trinajstić information content (AvgIpc) is 2.67. The first-order valence-corrected chi connectivity index (χ1v) is 5.96. The number of aryl methyl sites for hydroxylation is 2. The van der Waals surface area contributed by atoms with Crippen LogP contribution >= 0.6 is 0 Å². The van der Waals surface area contributed by atoms with E-state index in [2.05, 4.69) is 5.10 Å². The van der Waals surface area contributed by atoms with E-state index >= 15 is 0 Å². The molecule has 5 heteroatoms. The molecule has 2 atom stereocenters. The average molecular weight is 248 g/mol. The van der Waals surface area contributed by atoms with Crippen molar-refractivity contribution in [2.45, 2.75) is 26.7 Å². The van der Waals surface area contributed by atoms with Gasteiger partial charge in [-0.25, -0.2) is 4.68 Å². The maximum atomic E-state index is 12.4. The minimum absolute atomic E-state index is 0.225. The lowest BCUT2D eigenvalue weighted by Gasteiger charge is -2.23. The Morgan fingerprint density at radius 3 is 2.39 bits per heavy atom. The lowest BCUT2D eigenvalue weighted by molar-refractivity contribution is -0.143. The Balaban J connectivity index is 2.30. The fraction of sp³-hybridized carbons (Fsp3) is 0.462. The van der Waals surface area contributed by atoms with Crippen LogP contribution in [-0.2, 0) is 4.79 Å². The molecule has 1 aromatic heterocycles. The van der Waals surface area contributed by atoms with Crippen LogP contribution in [0.25, 0.3) is 0 Å². The molecule has 0 amide bonds. The van der Waals surface area contributed by atoms with E-state index < -0.39 is 17.8 Å². The van der Waals surface area contributed by atoms with Crippen molar-refractivity contribution < 1.29 is 14.7 Å². The van der Waals surface area contributed by atoms with Crippen molar-refractivity contribution in [2.75, 3.05) is 0 Å². The van der Waals surface area contributed by atoms with Gasteiger partial charge in [0.05, 0.1) is 17.5 Å². The van der Waals surface area contributed by atoms with Crippen molar-refractivity contribution in [1.29, 1.82) is 0 Å². The summed E-state index contributed by atoms with van der Waals surface area (Å²) in [5.74, 6) is -2.31. The molecule has 1 aliphatic carbocycles. The van der Waals surface area contributed by atoms with Crippen molar-refractivity contribution in [2.24, 2.45) is 11.8 Å². The summed E-state index contributed by atoms with van der Waals surface area (Å²) in [6.45, 7) is 3.61. The lowest BCUT2D eigenvalue weighted by Crippen LogP contribution is -2.35. The number of aliphatic carboxylic acids is 1. The Bertz CT molecular complexity index is 516. The molecule has 1 N–H and O–H groups in total. The number of carboxylic acids is 1. The number of nitrogens with zero attached hydrogens (tertiary/aromatic N) is 2. The van der Waals surface area contributed by atoms with Gasteiger partial charge in [0.2, 0.25) is 0 Å². The third-order valence-corrected chi connectivity index (χ3v) is 3.29. The monoisotopic (exact) mass is 248 g/mol. The molecule has 1 heterocycles. The smallest absolute Gasteiger partial charge is 0.307 e. The molecule has 5 nitrogen and oxygen atoms in total. The maximum absolute atomic E-state index is 12.4. The molecule has 96 valence electrons. The predicted molar refractivity (Wildman–Crippen MR) is 65.3 cm³/mol. The summed E-state index contributed by atoms with van der Waals surface area (Å²) in [6.07, 6.45) is 4.57. The van der Waals surface area contributed by atoms with Gasteiger partial charge in [-0.3, -0.25) is 9.59 Å². The van der Waals surface area contributed by atoms with E-state index in [9.17, 15) is 9.59 Å². The van der Waals surface area contributed by atoms with Crippen molar-refractivity contribution in [3.63, 3.8) is 0 Å². The van der Waals surface area contributed by atoms with Crippen LogP contribution < -0.4 is 0 Å². The van der Waals surface area contributed by atoms with Crippen LogP contribution in [0, 0.1) is 25.7 Å². The van der Waals surface area contributed by atoms with Gasteiger partial charge >= 0.3 is 5.97 Å². The van der Waals surface area contributed by atoms with Gasteiger partial charge in [0.25, 0.3) is 5.91 Å². The molecule has 1 aliphatic rings. The first-order valence-electron chi connectivity index (χ1n) is 5.96. The zero-order chi connectivity index (χ0) is 13.3. The van der Waals surface area contributed by atoms with Crippen LogP contribution in [0.1, 0.15) is 29.0 Å². The molecule has 0 unspecified atom stereocenters. The van der Waals surface area contributed by atoms with Gasteiger partial charge in [-0.1, -0.05) is 12.2 Å². The molecule has 0 saturated heterocycles. The Morgan fingerprint density at radius 2 is 1.89 bits per heavy atom. The summed E-state index contributed by atoms with van der Waals surface area (Å²) in [7, 11) is 0. The van der Waals surface area contributed by atoms with Crippen LogP contribution in [0.2, 0.25) is 0 Å². The highest BCUT2D eigenvalue weighted by Crippen LogP contribution is 2.27. The molecular formula is C13H16N2O3. The van der Waals surface area contributed by atoms with Crippen LogP contribution in [0.4, 0.5) is 0 Å². The summed E-state index contributed by atoms with van der Waals surface area (Å²) in [4.78, 5) is 23.5. The van der Waals surface area contributed by atoms with E-state index in [0.717, 1.165) is 11.4 Å². The Kier molecular flexibility index (Phi) is 3.32. The highest BCUT2D eigenvalue weighted by atomic mass is 16.4. The normalized spacial score (nSPS) is 23.0. The molecule has 0 aliphatic heterocycles. The van der Waals surface area contributed by atoms with E-state index in [1.165, 1.54) is 4.68 Å². The summed E-state index contributed by atoms with van der Waals surface area (Å²) < 4.78 is 1.33. The van der Waals surface area contributed by atoms with E-state index in [1.807, 2.05) is 25.1 Å². The maximum Gasteiger partial charge on any atom is 0.307 e. The zero-order valence-corrected chi connectivity index (χ0v) is 10.5. The van der Waals surface area contributed by atoms with Gasteiger partial charge in [-0.2, -0.15) is 5.10 Å². The Labute approximate surface area is 105 Å². The summed E-state index contributed by atoms with van der Waals surface area (Å²) in [5.41, 5.74) is 1.51. The number of aromatic nitrogens is 2. The number of allylic oxidation sites excluding steroid dienone is 2. The standard InChI is InChI=1S/C13H16N2O3/c1-8-7-9(2)15(14-8)12(16)10-5-3-4-6-11(10)13(17)18/h3-4,7,10-11H,5-6H2,1-2H3,(H,17,18)/t10-,11+/m1/s1. The number of hydrogen-bond donors (Lipinski definition) is 1. The molecule has 1 aromatic rings. The minimum atomic E-state index is -0.917. The fourth-order valence-electron chi connectivity index (χ4n) is 2.37. The lowest BCUT2D eigenvalue weighted by atomic mass is 9.82. The number of hydrogen-bond acceptors (Lipinski definition) is 3. The molecule has 0 bridgehead atoms. The first-order chi connectivity index (χ1) is 8.50. The van der Waals surface area contributed by atoms with Gasteiger partial charge in [0.15, 0.2) is 0 Å². The first kappa shape index (κ1) is 12.5. The molecule has 18 heavy (non-hydrogen) atoms. The molecule has 0 radical (unpaired) electrons. The predicted octanol–water partition coefficient (Wildman–Crippen LogP) is 1.81. The van der Waals surface area contributed by atoms with E-state index in [-0.39, 0.29) is 5.91 Å². The minimum Gasteiger partial charge on any atom is -0.481 e. The van der Waals surface area contributed by atoms with Crippen molar-refractivity contribution >= 4 is 11.9 Å². The van der Waals surface area contributed by atoms with Crippen molar-refractivity contribution in [3.05, 3.63) is 29.6 Å². The van der Waals surface area contributed by atoms with Crippen LogP contribution in [0.5, 0.6) is 0 Å². The summed E-state index contributed by atoms with van der Waals surface area (Å²) >= 11 is 0. The second-order valence-electron chi connectivity index (χ2n) is 4.67. The Hall–Kier alpha value is -1.91. The highest BCUT2D eigenvalue weighted by molar-refractivity contribution is 5.87. The second-order valence-corrected chi connectivity index (χ2v) is 4.67. The third-order valence-electron chi connectivity index (χ3n) is 3.29. The summed E-state index contributed by atoms with van der Waals surface area (Å²) in [5, 5.41) is 13.3. The van der Waals surface area contributed by atoms with Crippen LogP contribution in [0.15, 0.2) is 18.2 Å². The molecular weight excluding hydrogens is 232 g/mol. The topological polar surface area (TPSA) is 72.2 Å². The van der Waals surface area contributed by atoms with Gasteiger partial charge in [-0.05, 0) is 32.8 Å². The molecule has 2 rings (SSSR count). The van der Waals surface area contributed by atoms with Crippen molar-refractivity contribution in [1.82, 2.24) is 9.78 Å². The molecule has 0 saturated carbocycles. The zero-order valence-electron chi connectivity index (χ0n) is 10.5. The van der Waals surface area contributed by atoms with Gasteiger partial charge in [0, 0.05) is 5.69 Å². The number of rotatable bonds is 2. The largest absolute Gasteiger partial charge is 0.481 e. The Morgan fingerprint density at radius 1 is 1.28 bits per heavy atom. The van der Waals surface area contributed by atoms with Crippen molar-refractivity contribution in [3.8, 4) is 0 Å². The second kappa shape index (κ2) is 4.76. The van der Waals surface area contributed by atoms with Gasteiger partial charge < -0.3 is 5.11 Å². The van der Waals surface area contributed by atoms with E-state index in [0.29, 0.717) is 12.8 Å². The summed E-state index contributed by atoms with van der Waals surface area (Å²) in [6, 6.07) is 1.81. The highest BCUT2D eigenvalue weighted by Gasteiger charge is 2.35. The molecule has 0 aromatic carbocycles.